The number of carbonyl (C=O) groups is 2. The molecule has 0 spiro atoms. The van der Waals surface area contributed by atoms with E-state index in [2.05, 4.69) is 64.3 Å². The first kappa shape index (κ1) is 26.0. The highest BCUT2D eigenvalue weighted by Gasteiger charge is 2.23. The zero-order chi connectivity index (χ0) is 25.8. The number of rotatable bonds is 6. The lowest BCUT2D eigenvalue weighted by atomic mass is 9.80. The lowest BCUT2D eigenvalue weighted by molar-refractivity contribution is -0.118. The van der Waals surface area contributed by atoms with E-state index in [0.717, 1.165) is 16.9 Å². The van der Waals surface area contributed by atoms with Crippen LogP contribution in [0.2, 0.25) is 0 Å². The highest BCUT2D eigenvalue weighted by atomic mass is 16.5. The van der Waals surface area contributed by atoms with Crippen LogP contribution in [0, 0.1) is 6.92 Å². The lowest BCUT2D eigenvalue weighted by Crippen LogP contribution is -2.22. The number of ether oxygens (including phenoxy) is 1. The highest BCUT2D eigenvalue weighted by molar-refractivity contribution is 6.04. The van der Waals surface area contributed by atoms with E-state index in [-0.39, 0.29) is 29.3 Å². The second-order valence-electron chi connectivity index (χ2n) is 10.9. The Morgan fingerprint density at radius 2 is 1.40 bits per heavy atom. The van der Waals surface area contributed by atoms with Crippen LogP contribution in [-0.4, -0.2) is 18.4 Å². The summed E-state index contributed by atoms with van der Waals surface area (Å²) in [4.78, 5) is 25.0. The maximum Gasteiger partial charge on any atom is 0.262 e. The number of amides is 2. The van der Waals surface area contributed by atoms with E-state index in [1.54, 1.807) is 30.3 Å². The molecule has 0 unspecified atom stereocenters. The molecule has 3 rings (SSSR count). The third-order valence-electron chi connectivity index (χ3n) is 5.72. The number of anilines is 2. The van der Waals surface area contributed by atoms with Crippen LogP contribution in [0.4, 0.5) is 11.4 Å². The van der Waals surface area contributed by atoms with Crippen molar-refractivity contribution >= 4 is 23.2 Å². The molecule has 2 amide bonds. The van der Waals surface area contributed by atoms with Gasteiger partial charge < -0.3 is 15.4 Å². The molecule has 0 atom stereocenters. The van der Waals surface area contributed by atoms with Crippen molar-refractivity contribution in [1.82, 2.24) is 0 Å². The minimum Gasteiger partial charge on any atom is -0.483 e. The summed E-state index contributed by atoms with van der Waals surface area (Å²) in [6.07, 6.45) is 0. The lowest BCUT2D eigenvalue weighted by Gasteiger charge is -2.27. The molecule has 0 radical (unpaired) electrons. The van der Waals surface area contributed by atoms with Gasteiger partial charge in [0.2, 0.25) is 0 Å². The van der Waals surface area contributed by atoms with Gasteiger partial charge in [-0.15, -0.1) is 0 Å². The smallest absolute Gasteiger partial charge is 0.262 e. The number of benzene rings is 3. The van der Waals surface area contributed by atoms with Crippen molar-refractivity contribution in [1.29, 1.82) is 0 Å². The molecule has 2 N–H and O–H groups in total. The van der Waals surface area contributed by atoms with Crippen molar-refractivity contribution in [3.8, 4) is 5.75 Å². The Balaban J connectivity index is 1.61. The van der Waals surface area contributed by atoms with Gasteiger partial charge in [-0.25, -0.2) is 0 Å². The Hall–Kier alpha value is -3.60. The number of nitrogens with one attached hydrogen (secondary N) is 2. The van der Waals surface area contributed by atoms with E-state index >= 15 is 0 Å². The largest absolute Gasteiger partial charge is 0.483 e. The maximum absolute atomic E-state index is 12.5. The maximum atomic E-state index is 12.5. The van der Waals surface area contributed by atoms with Crippen LogP contribution >= 0.6 is 0 Å². The van der Waals surface area contributed by atoms with Crippen molar-refractivity contribution in [3.63, 3.8) is 0 Å². The fourth-order valence-electron chi connectivity index (χ4n) is 3.68. The minimum absolute atomic E-state index is 0.0293. The SMILES string of the molecule is Cc1cccc(C(=O)Nc2ccc(NC(=O)COc3ccc(C(C)(C)C)cc3C(C)(C)C)cc2)c1. The van der Waals surface area contributed by atoms with Crippen LogP contribution in [0.5, 0.6) is 5.75 Å². The molecule has 5 heteroatoms. The predicted octanol–water partition coefficient (Wildman–Crippen LogP) is 6.86. The number of hydrogen-bond acceptors (Lipinski definition) is 3. The van der Waals surface area contributed by atoms with Gasteiger partial charge in [0.1, 0.15) is 5.75 Å². The molecule has 0 aliphatic heterocycles. The Bertz CT molecular complexity index is 1200. The van der Waals surface area contributed by atoms with E-state index < -0.39 is 0 Å². The molecule has 3 aromatic rings. The third-order valence-corrected chi connectivity index (χ3v) is 5.72. The van der Waals surface area contributed by atoms with Crippen molar-refractivity contribution < 1.29 is 14.3 Å². The van der Waals surface area contributed by atoms with E-state index in [0.29, 0.717) is 16.9 Å². The van der Waals surface area contributed by atoms with Crippen molar-refractivity contribution in [2.45, 2.75) is 59.3 Å². The summed E-state index contributed by atoms with van der Waals surface area (Å²) >= 11 is 0. The summed E-state index contributed by atoms with van der Waals surface area (Å²) in [7, 11) is 0. The molecule has 3 aromatic carbocycles. The van der Waals surface area contributed by atoms with Crippen molar-refractivity contribution in [3.05, 3.63) is 89.0 Å². The molecule has 0 aliphatic rings. The number of hydrogen-bond donors (Lipinski definition) is 2. The highest BCUT2D eigenvalue weighted by Crippen LogP contribution is 2.35. The van der Waals surface area contributed by atoms with Gasteiger partial charge in [0, 0.05) is 16.9 Å². The predicted molar refractivity (Wildman–Crippen MR) is 144 cm³/mol. The molecule has 0 bridgehead atoms. The number of carbonyl (C=O) groups excluding carboxylic acids is 2. The fraction of sp³-hybridized carbons (Fsp3) is 0.333. The van der Waals surface area contributed by atoms with Gasteiger partial charge in [0.15, 0.2) is 6.61 Å². The monoisotopic (exact) mass is 472 g/mol. The van der Waals surface area contributed by atoms with Crippen LogP contribution in [0.25, 0.3) is 0 Å². The van der Waals surface area contributed by atoms with Crippen LogP contribution in [-0.2, 0) is 15.6 Å². The molecule has 0 aliphatic carbocycles. The Morgan fingerprint density at radius 1 is 0.771 bits per heavy atom. The van der Waals surface area contributed by atoms with Gasteiger partial charge in [0.25, 0.3) is 11.8 Å². The molecule has 0 saturated heterocycles. The molecular weight excluding hydrogens is 436 g/mol. The topological polar surface area (TPSA) is 67.4 Å². The van der Waals surface area contributed by atoms with Gasteiger partial charge >= 0.3 is 0 Å². The fourth-order valence-corrected chi connectivity index (χ4v) is 3.68. The van der Waals surface area contributed by atoms with E-state index in [9.17, 15) is 9.59 Å². The molecule has 35 heavy (non-hydrogen) atoms. The zero-order valence-corrected chi connectivity index (χ0v) is 21.8. The molecule has 184 valence electrons. The van der Waals surface area contributed by atoms with Gasteiger partial charge in [-0.2, -0.15) is 0 Å². The molecule has 0 saturated carbocycles. The van der Waals surface area contributed by atoms with Crippen molar-refractivity contribution in [2.75, 3.05) is 17.2 Å². The summed E-state index contributed by atoms with van der Waals surface area (Å²) in [6, 6.07) is 20.6. The summed E-state index contributed by atoms with van der Waals surface area (Å²) in [5.74, 6) is 0.294. The molecule has 0 heterocycles. The van der Waals surface area contributed by atoms with E-state index in [4.69, 9.17) is 4.74 Å². The summed E-state index contributed by atoms with van der Waals surface area (Å²) < 4.78 is 5.93. The Labute approximate surface area is 208 Å². The normalized spacial score (nSPS) is 11.6. The molecule has 0 fully saturated rings. The van der Waals surface area contributed by atoms with Gasteiger partial charge in [-0.1, -0.05) is 71.4 Å². The molecule has 0 aromatic heterocycles. The van der Waals surface area contributed by atoms with Crippen LogP contribution in [0.15, 0.2) is 66.7 Å². The van der Waals surface area contributed by atoms with E-state index in [1.165, 1.54) is 5.56 Å². The summed E-state index contributed by atoms with van der Waals surface area (Å²) in [5.41, 5.74) is 5.13. The first-order valence-corrected chi connectivity index (χ1v) is 11.9. The van der Waals surface area contributed by atoms with E-state index in [1.807, 2.05) is 31.2 Å². The average molecular weight is 473 g/mol. The average Bonchev–Trinajstić information content (AvgIpc) is 2.77. The first-order valence-electron chi connectivity index (χ1n) is 11.9. The molecular formula is C30H36N2O3. The van der Waals surface area contributed by atoms with Crippen LogP contribution in [0.1, 0.15) is 68.6 Å². The van der Waals surface area contributed by atoms with Crippen LogP contribution in [0.3, 0.4) is 0 Å². The minimum atomic E-state index is -0.249. The molecule has 5 nitrogen and oxygen atoms in total. The second-order valence-corrected chi connectivity index (χ2v) is 10.9. The van der Waals surface area contributed by atoms with Gasteiger partial charge in [-0.05, 0) is 71.3 Å². The Morgan fingerprint density at radius 3 is 1.97 bits per heavy atom. The first-order chi connectivity index (χ1) is 16.3. The van der Waals surface area contributed by atoms with Gasteiger partial charge in [0.05, 0.1) is 0 Å². The zero-order valence-electron chi connectivity index (χ0n) is 21.8. The Kier molecular flexibility index (Phi) is 7.69. The summed E-state index contributed by atoms with van der Waals surface area (Å²) in [6.45, 7) is 14.8. The second kappa shape index (κ2) is 10.3. The quantitative estimate of drug-likeness (QED) is 0.412. The number of aryl methyl sites for hydroxylation is 1. The van der Waals surface area contributed by atoms with Crippen molar-refractivity contribution in [2.24, 2.45) is 0 Å². The van der Waals surface area contributed by atoms with Gasteiger partial charge in [-0.3, -0.25) is 9.59 Å². The third kappa shape index (κ3) is 7.19. The van der Waals surface area contributed by atoms with Crippen LogP contribution < -0.4 is 15.4 Å². The summed E-state index contributed by atoms with van der Waals surface area (Å²) in [5, 5.41) is 5.72. The standard InChI is InChI=1S/C30H36N2O3/c1-20-9-8-10-21(17-20)28(34)32-24-14-12-23(13-15-24)31-27(33)19-35-26-16-11-22(29(2,3)4)18-25(26)30(5,6)7/h8-18H,19H2,1-7H3,(H,31,33)(H,32,34).